The number of anilines is 1. The van der Waals surface area contributed by atoms with Crippen LogP contribution in [0.15, 0.2) is 60.8 Å². The monoisotopic (exact) mass is 674 g/mol. The van der Waals surface area contributed by atoms with Crippen LogP contribution in [-0.2, 0) is 17.8 Å². The topological polar surface area (TPSA) is 138 Å². The van der Waals surface area contributed by atoms with Crippen LogP contribution in [0.1, 0.15) is 52.5 Å². The summed E-state index contributed by atoms with van der Waals surface area (Å²) >= 11 is 13.9. The largest absolute Gasteiger partial charge is 0.481 e. The molecule has 1 fully saturated rings. The van der Waals surface area contributed by atoms with Gasteiger partial charge in [0.2, 0.25) is 11.8 Å². The molecule has 1 saturated heterocycles. The predicted octanol–water partition coefficient (Wildman–Crippen LogP) is 5.32. The summed E-state index contributed by atoms with van der Waals surface area (Å²) in [7, 11) is 1.62. The SMILES string of the molecule is COc1nc(-c2cccc(-c3cccc(NC(=O)c4ccc(CNCCO)cn4)c3Cl)c2Cl)cc2c1[C@@H](NC[C@@H]1CCC(=O)N1)CC2. The summed E-state index contributed by atoms with van der Waals surface area (Å²) in [6.45, 7) is 1.76. The summed E-state index contributed by atoms with van der Waals surface area (Å²) < 4.78 is 5.79. The van der Waals surface area contributed by atoms with E-state index in [9.17, 15) is 9.59 Å². The lowest BCUT2D eigenvalue weighted by Crippen LogP contribution is -2.36. The Morgan fingerprint density at radius 1 is 1.04 bits per heavy atom. The molecule has 2 atom stereocenters. The molecule has 6 rings (SSSR count). The first-order chi connectivity index (χ1) is 22.9. The Bertz CT molecular complexity index is 1790. The van der Waals surface area contributed by atoms with Gasteiger partial charge in [-0.3, -0.25) is 14.6 Å². The fraction of sp³-hybridized carbons (Fsp3) is 0.314. The van der Waals surface area contributed by atoms with Crippen molar-refractivity contribution in [2.75, 3.05) is 32.1 Å². The van der Waals surface area contributed by atoms with Gasteiger partial charge in [0, 0.05) is 66.6 Å². The van der Waals surface area contributed by atoms with Gasteiger partial charge in [0.15, 0.2) is 0 Å². The first-order valence-electron chi connectivity index (χ1n) is 15.6. The molecular formula is C35H36Cl2N6O4. The molecule has 0 bridgehead atoms. The van der Waals surface area contributed by atoms with Crippen molar-refractivity contribution in [2.24, 2.45) is 0 Å². The van der Waals surface area contributed by atoms with Crippen LogP contribution in [0.3, 0.4) is 0 Å². The molecule has 2 amide bonds. The quantitative estimate of drug-likeness (QED) is 0.127. The molecule has 2 aliphatic rings. The normalized spacial score (nSPS) is 17.0. The van der Waals surface area contributed by atoms with E-state index in [1.54, 1.807) is 25.4 Å². The molecule has 2 aromatic carbocycles. The summed E-state index contributed by atoms with van der Waals surface area (Å²) in [5.74, 6) is 0.261. The maximum absolute atomic E-state index is 13.0. The highest BCUT2D eigenvalue weighted by Gasteiger charge is 2.30. The van der Waals surface area contributed by atoms with Crippen molar-refractivity contribution in [3.8, 4) is 28.3 Å². The molecule has 0 radical (unpaired) electrons. The Hall–Kier alpha value is -4.06. The van der Waals surface area contributed by atoms with Gasteiger partial charge < -0.3 is 31.1 Å². The Kier molecular flexibility index (Phi) is 10.3. The van der Waals surface area contributed by atoms with E-state index in [1.807, 2.05) is 36.4 Å². The number of benzene rings is 2. The number of nitrogens with zero attached hydrogens (tertiary/aromatic N) is 2. The zero-order valence-electron chi connectivity index (χ0n) is 25.9. The number of hydrogen-bond donors (Lipinski definition) is 5. The molecule has 0 saturated carbocycles. The fourth-order valence-corrected chi connectivity index (χ4v) is 6.75. The fourth-order valence-electron chi connectivity index (χ4n) is 6.15. The van der Waals surface area contributed by atoms with Crippen LogP contribution in [0.4, 0.5) is 5.69 Å². The van der Waals surface area contributed by atoms with Crippen LogP contribution in [0.5, 0.6) is 5.88 Å². The summed E-state index contributed by atoms with van der Waals surface area (Å²) in [5, 5.41) is 22.3. The van der Waals surface area contributed by atoms with Gasteiger partial charge in [0.25, 0.3) is 5.91 Å². The minimum absolute atomic E-state index is 0.0477. The maximum Gasteiger partial charge on any atom is 0.274 e. The van der Waals surface area contributed by atoms with Crippen LogP contribution in [0.25, 0.3) is 22.4 Å². The molecular weight excluding hydrogens is 639 g/mol. The second-order valence-electron chi connectivity index (χ2n) is 11.6. The van der Waals surface area contributed by atoms with E-state index < -0.39 is 5.91 Å². The lowest BCUT2D eigenvalue weighted by molar-refractivity contribution is -0.119. The van der Waals surface area contributed by atoms with Gasteiger partial charge >= 0.3 is 0 Å². The third-order valence-electron chi connectivity index (χ3n) is 8.54. The van der Waals surface area contributed by atoms with Gasteiger partial charge in [-0.05, 0) is 48.6 Å². The number of aliphatic hydroxyl groups is 1. The molecule has 0 spiro atoms. The highest BCUT2D eigenvalue weighted by Crippen LogP contribution is 2.44. The first kappa shape index (κ1) is 32.9. The molecule has 2 aromatic heterocycles. The maximum atomic E-state index is 13.0. The van der Waals surface area contributed by atoms with E-state index in [-0.39, 0.29) is 30.3 Å². The average Bonchev–Trinajstić information content (AvgIpc) is 3.70. The Morgan fingerprint density at radius 3 is 2.55 bits per heavy atom. The second-order valence-corrected chi connectivity index (χ2v) is 12.4. The minimum atomic E-state index is -0.394. The smallest absolute Gasteiger partial charge is 0.274 e. The van der Waals surface area contributed by atoms with Crippen molar-refractivity contribution >= 4 is 40.7 Å². The number of carbonyl (C=O) groups excluding carboxylic acids is 2. The zero-order chi connectivity index (χ0) is 32.9. The van der Waals surface area contributed by atoms with E-state index in [1.165, 1.54) is 0 Å². The Morgan fingerprint density at radius 2 is 1.83 bits per heavy atom. The van der Waals surface area contributed by atoms with Gasteiger partial charge in [-0.15, -0.1) is 0 Å². The number of halogens is 2. The number of pyridine rings is 2. The summed E-state index contributed by atoms with van der Waals surface area (Å²) in [6.07, 6.45) is 4.80. The third kappa shape index (κ3) is 7.27. The Balaban J connectivity index is 1.22. The molecule has 1 aliphatic carbocycles. The number of rotatable bonds is 12. The van der Waals surface area contributed by atoms with Gasteiger partial charge in [-0.1, -0.05) is 59.6 Å². The number of ether oxygens (including phenoxy) is 1. The third-order valence-corrected chi connectivity index (χ3v) is 9.35. The first-order valence-corrected chi connectivity index (χ1v) is 16.4. The molecule has 10 nitrogen and oxygen atoms in total. The summed E-state index contributed by atoms with van der Waals surface area (Å²) in [6, 6.07) is 16.9. The van der Waals surface area contributed by atoms with Gasteiger partial charge in [0.1, 0.15) is 5.69 Å². The number of hydrogen-bond acceptors (Lipinski definition) is 8. The van der Waals surface area contributed by atoms with Crippen molar-refractivity contribution in [3.63, 3.8) is 0 Å². The molecule has 4 aromatic rings. The van der Waals surface area contributed by atoms with E-state index >= 15 is 0 Å². The highest BCUT2D eigenvalue weighted by atomic mass is 35.5. The number of aryl methyl sites for hydroxylation is 1. The van der Waals surface area contributed by atoms with Crippen LogP contribution in [0, 0.1) is 0 Å². The Labute approximate surface area is 283 Å². The predicted molar refractivity (Wildman–Crippen MR) is 183 cm³/mol. The zero-order valence-corrected chi connectivity index (χ0v) is 27.4. The van der Waals surface area contributed by atoms with Gasteiger partial charge in [-0.2, -0.15) is 0 Å². The molecule has 0 unspecified atom stereocenters. The standard InChI is InChI=1S/C35H36Cl2N6O4/c1-47-35-31-21(9-12-26(31)40-19-22-10-13-30(45)41-22)16-29(43-35)25-6-2-4-23(32(25)36)24-5-3-7-27(33(24)37)42-34(46)28-11-8-20(18-39-28)17-38-14-15-44/h2-8,11,16,18,22,26,38,40,44H,9-10,12-15,17,19H2,1H3,(H,41,45)(H,42,46)/t22-,26-/m0/s1. The molecule has 12 heteroatoms. The number of carbonyl (C=O) groups is 2. The number of methoxy groups -OCH3 is 1. The van der Waals surface area contributed by atoms with Crippen molar-refractivity contribution < 1.29 is 19.4 Å². The second kappa shape index (κ2) is 14.8. The van der Waals surface area contributed by atoms with Gasteiger partial charge in [-0.25, -0.2) is 4.98 Å². The molecule has 47 heavy (non-hydrogen) atoms. The van der Waals surface area contributed by atoms with E-state index in [0.29, 0.717) is 64.5 Å². The summed E-state index contributed by atoms with van der Waals surface area (Å²) in [4.78, 5) is 33.8. The lowest BCUT2D eigenvalue weighted by atomic mass is 9.99. The van der Waals surface area contributed by atoms with E-state index in [2.05, 4.69) is 32.3 Å². The van der Waals surface area contributed by atoms with Crippen LogP contribution < -0.4 is 26.0 Å². The van der Waals surface area contributed by atoms with Crippen molar-refractivity contribution in [2.45, 2.75) is 44.3 Å². The minimum Gasteiger partial charge on any atom is -0.481 e. The van der Waals surface area contributed by atoms with Crippen LogP contribution in [0.2, 0.25) is 10.0 Å². The lowest BCUT2D eigenvalue weighted by Gasteiger charge is -2.20. The number of fused-ring (bicyclic) bond motifs is 1. The number of amides is 2. The molecule has 1 aliphatic heterocycles. The van der Waals surface area contributed by atoms with Crippen LogP contribution in [-0.4, -0.2) is 59.7 Å². The molecule has 5 N–H and O–H groups in total. The highest BCUT2D eigenvalue weighted by molar-refractivity contribution is 6.39. The van der Waals surface area contributed by atoms with E-state index in [0.717, 1.165) is 41.5 Å². The van der Waals surface area contributed by atoms with Crippen molar-refractivity contribution in [3.05, 3.63) is 93.2 Å². The number of nitrogens with one attached hydrogen (secondary N) is 4. The van der Waals surface area contributed by atoms with Crippen molar-refractivity contribution in [1.29, 1.82) is 0 Å². The van der Waals surface area contributed by atoms with Crippen molar-refractivity contribution in [1.82, 2.24) is 25.9 Å². The van der Waals surface area contributed by atoms with Crippen LogP contribution >= 0.6 is 23.2 Å². The van der Waals surface area contributed by atoms with Gasteiger partial charge in [0.05, 0.1) is 35.1 Å². The van der Waals surface area contributed by atoms with E-state index in [4.69, 9.17) is 38.0 Å². The number of aromatic nitrogens is 2. The summed E-state index contributed by atoms with van der Waals surface area (Å²) in [5.41, 5.74) is 6.54. The number of aliphatic hydroxyl groups excluding tert-OH is 1. The average molecular weight is 676 g/mol. The molecule has 3 heterocycles. The molecule has 244 valence electrons.